The van der Waals surface area contributed by atoms with Crippen molar-refractivity contribution in [2.75, 3.05) is 18.3 Å². The molecule has 198 valence electrons. The molecule has 1 atom stereocenters. The Kier molecular flexibility index (Phi) is 5.82. The van der Waals surface area contributed by atoms with Crippen LogP contribution >= 0.6 is 11.3 Å². The Morgan fingerprint density at radius 1 is 1.16 bits per heavy atom. The van der Waals surface area contributed by atoms with E-state index < -0.39 is 40.3 Å². The monoisotopic (exact) mass is 539 g/mol. The van der Waals surface area contributed by atoms with Crippen LogP contribution < -0.4 is 15.2 Å². The minimum Gasteiger partial charge on any atom is -0.502 e. The number of aromatic hydroxyl groups is 1. The lowest BCUT2D eigenvalue weighted by Crippen LogP contribution is -2.64. The smallest absolute Gasteiger partial charge is 0.278 e. The fourth-order valence-corrected chi connectivity index (χ4v) is 6.90. The number of halogens is 2. The molecule has 1 fully saturated rings. The SMILES string of the molecule is CC(C)c1ccsc1C1c2ccc(F)c(F)c2OC/C=C/C2(CCC2)N2CN1n1ccc(=O)c(O)c1C2=O. The fraction of sp³-hybridized carbons (Fsp3) is 0.357. The predicted octanol–water partition coefficient (Wildman–Crippen LogP) is 5.03. The quantitative estimate of drug-likeness (QED) is 0.463. The summed E-state index contributed by atoms with van der Waals surface area (Å²) >= 11 is 1.47. The van der Waals surface area contributed by atoms with Crippen LogP contribution in [0.3, 0.4) is 0 Å². The van der Waals surface area contributed by atoms with Gasteiger partial charge in [0.25, 0.3) is 5.91 Å². The Labute approximate surface area is 222 Å². The van der Waals surface area contributed by atoms with Gasteiger partial charge in [-0.1, -0.05) is 19.9 Å². The highest BCUT2D eigenvalue weighted by Crippen LogP contribution is 2.46. The van der Waals surface area contributed by atoms with Crippen LogP contribution in [-0.4, -0.2) is 39.4 Å². The van der Waals surface area contributed by atoms with Crippen LogP contribution in [0.2, 0.25) is 0 Å². The van der Waals surface area contributed by atoms with Crippen molar-refractivity contribution < 1.29 is 23.4 Å². The third kappa shape index (κ3) is 3.57. The molecule has 4 heterocycles. The van der Waals surface area contributed by atoms with Gasteiger partial charge in [0.1, 0.15) is 19.3 Å². The molecule has 10 heteroatoms. The number of amides is 1. The normalized spacial score (nSPS) is 20.9. The second-order valence-electron chi connectivity index (χ2n) is 10.3. The van der Waals surface area contributed by atoms with Crippen LogP contribution in [0, 0.1) is 11.6 Å². The topological polar surface area (TPSA) is 75.0 Å². The molecule has 0 saturated heterocycles. The first-order valence-electron chi connectivity index (χ1n) is 12.6. The fourth-order valence-electron chi connectivity index (χ4n) is 5.73. The van der Waals surface area contributed by atoms with Crippen LogP contribution in [0.25, 0.3) is 0 Å². The summed E-state index contributed by atoms with van der Waals surface area (Å²) in [5.74, 6) is -3.30. The van der Waals surface area contributed by atoms with Gasteiger partial charge in [-0.15, -0.1) is 11.3 Å². The Morgan fingerprint density at radius 3 is 2.66 bits per heavy atom. The number of hydrogen-bond donors (Lipinski definition) is 1. The molecule has 2 aromatic heterocycles. The number of nitrogens with zero attached hydrogens (tertiary/aromatic N) is 3. The molecule has 2 bridgehead atoms. The molecular weight excluding hydrogens is 512 g/mol. The largest absolute Gasteiger partial charge is 0.502 e. The summed E-state index contributed by atoms with van der Waals surface area (Å²) < 4.78 is 37.2. The molecule has 1 unspecified atom stereocenters. The van der Waals surface area contributed by atoms with Gasteiger partial charge in [0.2, 0.25) is 11.2 Å². The molecule has 3 aliphatic rings. The molecule has 1 aliphatic carbocycles. The van der Waals surface area contributed by atoms with E-state index >= 15 is 4.39 Å². The van der Waals surface area contributed by atoms with Gasteiger partial charge < -0.3 is 14.7 Å². The lowest BCUT2D eigenvalue weighted by molar-refractivity contribution is 0.0256. The number of carbonyl (C=O) groups is 1. The van der Waals surface area contributed by atoms with Gasteiger partial charge in [0.05, 0.1) is 5.54 Å². The number of carbonyl (C=O) groups excluding carboxylic acids is 1. The maximum atomic E-state index is 15.3. The van der Waals surface area contributed by atoms with Crippen molar-refractivity contribution in [3.05, 3.63) is 91.6 Å². The Bertz CT molecular complexity index is 1520. The average molecular weight is 540 g/mol. The minimum absolute atomic E-state index is 0.0125. The molecular formula is C28H27F2N3O4S. The molecule has 1 amide bonds. The van der Waals surface area contributed by atoms with E-state index in [-0.39, 0.29) is 30.6 Å². The first-order valence-corrected chi connectivity index (χ1v) is 13.5. The number of thiophene rings is 1. The summed E-state index contributed by atoms with van der Waals surface area (Å²) in [7, 11) is 0. The second-order valence-corrected chi connectivity index (χ2v) is 11.2. The summed E-state index contributed by atoms with van der Waals surface area (Å²) in [6, 6.07) is 5.06. The van der Waals surface area contributed by atoms with Crippen molar-refractivity contribution in [2.45, 2.75) is 50.6 Å². The Hall–Kier alpha value is -3.66. The van der Waals surface area contributed by atoms with Crippen LogP contribution in [-0.2, 0) is 0 Å². The zero-order chi connectivity index (χ0) is 26.8. The van der Waals surface area contributed by atoms with E-state index in [1.54, 1.807) is 11.0 Å². The van der Waals surface area contributed by atoms with Crippen LogP contribution in [0.15, 0.2) is 52.8 Å². The first kappa shape index (κ1) is 24.7. The molecule has 38 heavy (non-hydrogen) atoms. The van der Waals surface area contributed by atoms with Gasteiger partial charge in [0, 0.05) is 22.7 Å². The zero-order valence-corrected chi connectivity index (χ0v) is 21.8. The Morgan fingerprint density at radius 2 is 1.95 bits per heavy atom. The molecule has 1 N–H and O–H groups in total. The van der Waals surface area contributed by atoms with Crippen molar-refractivity contribution >= 4 is 17.2 Å². The summed E-state index contributed by atoms with van der Waals surface area (Å²) in [6.45, 7) is 4.18. The van der Waals surface area contributed by atoms with E-state index in [0.717, 1.165) is 22.9 Å². The van der Waals surface area contributed by atoms with Crippen molar-refractivity contribution in [3.63, 3.8) is 0 Å². The molecule has 3 aromatic rings. The van der Waals surface area contributed by atoms with Crippen LogP contribution in [0.5, 0.6) is 11.5 Å². The lowest BCUT2D eigenvalue weighted by Gasteiger charge is -2.53. The maximum absolute atomic E-state index is 15.3. The van der Waals surface area contributed by atoms with E-state index in [9.17, 15) is 19.1 Å². The summed E-state index contributed by atoms with van der Waals surface area (Å²) in [5.41, 5.74) is -0.0765. The third-order valence-electron chi connectivity index (χ3n) is 7.84. The Balaban J connectivity index is 1.69. The number of benzene rings is 1. The average Bonchev–Trinajstić information content (AvgIpc) is 3.34. The van der Waals surface area contributed by atoms with Crippen molar-refractivity contribution in [3.8, 4) is 11.5 Å². The molecule has 6 rings (SSSR count). The van der Waals surface area contributed by atoms with E-state index in [2.05, 4.69) is 13.8 Å². The van der Waals surface area contributed by atoms with Crippen molar-refractivity contribution in [1.82, 2.24) is 9.58 Å². The van der Waals surface area contributed by atoms with Crippen molar-refractivity contribution in [1.29, 1.82) is 0 Å². The van der Waals surface area contributed by atoms with E-state index in [1.165, 1.54) is 34.3 Å². The maximum Gasteiger partial charge on any atom is 0.278 e. The van der Waals surface area contributed by atoms with Gasteiger partial charge in [-0.3, -0.25) is 19.3 Å². The van der Waals surface area contributed by atoms with Crippen LogP contribution in [0.4, 0.5) is 8.78 Å². The van der Waals surface area contributed by atoms with E-state index in [1.807, 2.05) is 22.5 Å². The third-order valence-corrected chi connectivity index (χ3v) is 8.83. The van der Waals surface area contributed by atoms with E-state index in [4.69, 9.17) is 4.74 Å². The molecule has 1 saturated carbocycles. The molecule has 7 nitrogen and oxygen atoms in total. The van der Waals surface area contributed by atoms with Crippen molar-refractivity contribution in [2.24, 2.45) is 0 Å². The number of hydrogen-bond acceptors (Lipinski definition) is 6. The second kappa shape index (κ2) is 8.97. The molecule has 1 aromatic carbocycles. The molecule has 1 spiro atoms. The highest BCUT2D eigenvalue weighted by Gasteiger charge is 2.49. The van der Waals surface area contributed by atoms with Crippen LogP contribution in [0.1, 0.15) is 71.6 Å². The first-order chi connectivity index (χ1) is 18.2. The minimum atomic E-state index is -1.09. The summed E-state index contributed by atoms with van der Waals surface area (Å²) in [6.07, 6.45) is 7.33. The van der Waals surface area contributed by atoms with E-state index in [0.29, 0.717) is 18.4 Å². The number of pyridine rings is 1. The standard InChI is InChI=1S/C28H27F2N3O4S/c1-16(2)17-8-14-38-26(17)22-18-5-6-19(29)21(30)25(18)37-13-4-11-28(9-3-10-28)31-15-33(22)32-12-7-20(34)24(35)23(32)27(31)36/h4-8,11-12,14,16,22,35H,3,9-10,13,15H2,1-2H3/b11-4+. The summed E-state index contributed by atoms with van der Waals surface area (Å²) in [5, 5.41) is 14.6. The zero-order valence-electron chi connectivity index (χ0n) is 21.0. The van der Waals surface area contributed by atoms with Gasteiger partial charge in [-0.25, -0.2) is 4.39 Å². The molecule has 0 radical (unpaired) electrons. The van der Waals surface area contributed by atoms with Gasteiger partial charge >= 0.3 is 0 Å². The number of fused-ring (bicyclic) bond motifs is 6. The molecule has 2 aliphatic heterocycles. The van der Waals surface area contributed by atoms with Gasteiger partial charge in [-0.05, 0) is 60.4 Å². The number of aromatic nitrogens is 1. The van der Waals surface area contributed by atoms with Gasteiger partial charge in [0.15, 0.2) is 23.0 Å². The predicted molar refractivity (Wildman–Crippen MR) is 139 cm³/mol. The van der Waals surface area contributed by atoms with Gasteiger partial charge in [-0.2, -0.15) is 4.39 Å². The lowest BCUT2D eigenvalue weighted by atomic mass is 9.74. The summed E-state index contributed by atoms with van der Waals surface area (Å²) in [4.78, 5) is 28.9. The highest BCUT2D eigenvalue weighted by molar-refractivity contribution is 7.10. The highest BCUT2D eigenvalue weighted by atomic mass is 32.1. The number of ether oxygens (including phenoxy) is 1. The number of rotatable bonds is 2.